The van der Waals surface area contributed by atoms with Gasteiger partial charge in [-0.1, -0.05) is 229 Å². The number of ether oxygens (including phenoxy) is 14. The third kappa shape index (κ3) is 53.9. The van der Waals surface area contributed by atoms with Crippen molar-refractivity contribution in [1.29, 1.82) is 0 Å². The van der Waals surface area contributed by atoms with Crippen LogP contribution in [0, 0.1) is 87.7 Å². The van der Waals surface area contributed by atoms with Crippen molar-refractivity contribution in [2.75, 3.05) is 0 Å². The summed E-state index contributed by atoms with van der Waals surface area (Å²) in [5.74, 6) is 3.13. The van der Waals surface area contributed by atoms with Crippen LogP contribution in [0.5, 0.6) is 0 Å². The van der Waals surface area contributed by atoms with Crippen LogP contribution in [0.3, 0.4) is 0 Å². The van der Waals surface area contributed by atoms with Crippen molar-refractivity contribution in [3.63, 3.8) is 0 Å². The Morgan fingerprint density at radius 1 is 0.264 bits per heavy atom. The Morgan fingerprint density at radius 3 is 0.719 bits per heavy atom. The van der Waals surface area contributed by atoms with Crippen molar-refractivity contribution in [2.24, 2.45) is 41.4 Å². The molecule has 14 rings (SSSR count). The van der Waals surface area contributed by atoms with Crippen LogP contribution < -0.4 is 482 Å². The molecule has 7 aliphatic rings. The normalized spacial score (nSPS) is 23.8. The molecule has 0 aliphatic carbocycles. The topological polar surface area (TPSA) is 129 Å². The summed E-state index contributed by atoms with van der Waals surface area (Å²) in [7, 11) is 0. The third-order valence-corrected chi connectivity index (χ3v) is 21.6. The summed E-state index contributed by atoms with van der Waals surface area (Å²) in [5, 5.41) is 8.45. The first kappa shape index (κ1) is 131. The first-order chi connectivity index (χ1) is 54.3. The van der Waals surface area contributed by atoms with Crippen molar-refractivity contribution in [2.45, 2.75) is 197 Å². The molecule has 7 aromatic rings. The van der Waals surface area contributed by atoms with E-state index in [1.165, 1.54) is 0 Å². The maximum absolute atomic E-state index is 6.03. The van der Waals surface area contributed by atoms with E-state index < -0.39 is 0 Å². The van der Waals surface area contributed by atoms with E-state index in [0.29, 0.717) is 145 Å². The molecule has 35 heteroatoms. The molecule has 0 saturated carbocycles. The molecule has 0 spiro atoms. The summed E-state index contributed by atoms with van der Waals surface area (Å²) in [5.41, 5.74) is 6.65. The van der Waals surface area contributed by atoms with E-state index in [1.54, 1.807) is 55.1 Å². The molecule has 7 saturated heterocycles. The van der Waals surface area contributed by atoms with Gasteiger partial charge < -0.3 is 66.3 Å². The molecule has 0 N–H and O–H groups in total. The minimum atomic E-state index is -0.178. The first-order valence-electron chi connectivity index (χ1n) is 37.2. The minimum Gasteiger partial charge on any atom is -0.529 e. The quantitative estimate of drug-likeness (QED) is 0.0638. The Kier molecular flexibility index (Phi) is 78.9. The summed E-state index contributed by atoms with van der Waals surface area (Å²) in [6.07, 6.45) is 5.00. The molecule has 7 fully saturated rings. The van der Waals surface area contributed by atoms with Crippen LogP contribution in [0.4, 0.5) is 0 Å². The zero-order valence-corrected chi connectivity index (χ0v) is 126. The van der Waals surface area contributed by atoms with E-state index >= 15 is 0 Å². The molecule has 7 aliphatic heterocycles. The number of hydrogen-bond acceptors (Lipinski definition) is 14. The summed E-state index contributed by atoms with van der Waals surface area (Å²) in [6.45, 7) is 33.6. The zero-order chi connectivity index (χ0) is 82.5. The monoisotopic (exact) mass is 2770 g/mol. The number of rotatable bonds is 21. The number of benzene rings is 7. The van der Waals surface area contributed by atoms with Crippen LogP contribution in [0.15, 0.2) is 127 Å². The van der Waals surface area contributed by atoms with E-state index in [-0.39, 0.29) is 538 Å². The molecular formula is C86H95Cl14Cs7O14. The van der Waals surface area contributed by atoms with Crippen LogP contribution >= 0.6 is 162 Å². The van der Waals surface area contributed by atoms with Gasteiger partial charge in [0.15, 0.2) is 0 Å². The average molecular weight is 2780 g/mol. The summed E-state index contributed by atoms with van der Waals surface area (Å²) < 4.78 is 77.1. The van der Waals surface area contributed by atoms with E-state index in [9.17, 15) is 0 Å². The van der Waals surface area contributed by atoms with Gasteiger partial charge in [-0.05, 0) is 201 Å². The van der Waals surface area contributed by atoms with Crippen LogP contribution in [-0.2, 0) is 99.4 Å². The zero-order valence-electron chi connectivity index (χ0n) is 71.4. The van der Waals surface area contributed by atoms with Crippen LogP contribution in [0.2, 0.25) is 70.3 Å². The molecule has 121 heavy (non-hydrogen) atoms. The van der Waals surface area contributed by atoms with Crippen LogP contribution in [-0.4, -0.2) is 44.0 Å². The Balaban J connectivity index is 0.000000699. The second kappa shape index (κ2) is 72.6. The molecule has 0 aromatic heterocycles. The standard InChI is InChI=1S/2C13H15Cl2O2.5C12H13Cl2O2.7Cs/c2*1-8-3-13(16-7-8)17-9(2)10-4-11(14)6-12(15)5-10;2*1-8-2-12(15-6-8)16-7-9-3-10(13)5-11(14)4-9;2*1-8-4-12(15-6-8)16-7-9-2-3-10(13)11(14)5-9;1-8-5-12(15-6-8)16-7-9-10(13)3-2-4-11(9)14;;;;;;;/h2*4-9,13H,3H2,1-2H3;2*3-6,8,12H,2,7H2,1H3;2*2-3,5-6,8,12H,4,7H2,1H3;2-4,6,8,12H,5,7H2,1H3;;;;;;;/q7*-1;7*+1/t8-,9+,13?;8-,9-,13?;5*8-,12?;;;;;;;/m1111111......./s1. The smallest absolute Gasteiger partial charge is 0.529 e. The van der Waals surface area contributed by atoms with Gasteiger partial charge in [0.1, 0.15) is 44.0 Å². The molecule has 7 aromatic carbocycles. The maximum Gasteiger partial charge on any atom is 1.00 e. The average Bonchev–Trinajstić information content (AvgIpc) is 1.50. The van der Waals surface area contributed by atoms with E-state index in [2.05, 4.69) is 48.5 Å². The second-order valence-electron chi connectivity index (χ2n) is 28.7. The predicted molar refractivity (Wildman–Crippen MR) is 459 cm³/mol. The first-order valence-corrected chi connectivity index (χ1v) is 42.5. The molecule has 7 unspecified atom stereocenters. The van der Waals surface area contributed by atoms with Gasteiger partial charge in [0, 0.05) is 55.8 Å². The van der Waals surface area contributed by atoms with Crippen molar-refractivity contribution >= 4 is 162 Å². The Hall–Kier alpha value is 12.4. The molecule has 7 heterocycles. The second-order valence-corrected chi connectivity index (χ2v) is 34.6. The maximum atomic E-state index is 6.03. The molecule has 0 amide bonds. The minimum absolute atomic E-state index is 0. The fourth-order valence-corrected chi connectivity index (χ4v) is 15.0. The largest absolute Gasteiger partial charge is 1.00 e. The van der Waals surface area contributed by atoms with E-state index in [0.717, 1.165) is 83.9 Å². The molecule has 16 atom stereocenters. The third-order valence-electron chi connectivity index (χ3n) is 17.6. The van der Waals surface area contributed by atoms with Gasteiger partial charge in [-0.25, -0.2) is 46.2 Å². The van der Waals surface area contributed by atoms with Crippen molar-refractivity contribution in [1.82, 2.24) is 0 Å². The molecule has 0 bridgehead atoms. The summed E-state index contributed by atoms with van der Waals surface area (Å²) in [4.78, 5) is 0. The molecular weight excluding hydrogens is 2680 g/mol. The van der Waals surface area contributed by atoms with Crippen molar-refractivity contribution < 1.29 is 549 Å². The van der Waals surface area contributed by atoms with E-state index in [4.69, 9.17) is 229 Å². The number of hydrogen-bond donors (Lipinski definition) is 0. The van der Waals surface area contributed by atoms with Crippen LogP contribution in [0.25, 0.3) is 0 Å². The van der Waals surface area contributed by atoms with Gasteiger partial charge in [-0.3, -0.25) is 0 Å². The van der Waals surface area contributed by atoms with Crippen LogP contribution in [0.1, 0.15) is 158 Å². The molecule has 14 nitrogen and oxygen atoms in total. The van der Waals surface area contributed by atoms with E-state index in [1.807, 2.05) is 132 Å². The fourth-order valence-electron chi connectivity index (χ4n) is 11.6. The molecule has 0 radical (unpaired) electrons. The van der Waals surface area contributed by atoms with Gasteiger partial charge in [0.05, 0.1) is 65.3 Å². The van der Waals surface area contributed by atoms with Gasteiger partial charge >= 0.3 is 482 Å². The molecule has 628 valence electrons. The Labute approximate surface area is 1200 Å². The Morgan fingerprint density at radius 2 is 0.488 bits per heavy atom. The van der Waals surface area contributed by atoms with Gasteiger partial charge in [0.25, 0.3) is 0 Å². The number of halogens is 14. The van der Waals surface area contributed by atoms with Gasteiger partial charge in [-0.15, -0.1) is 41.4 Å². The van der Waals surface area contributed by atoms with Gasteiger partial charge in [-0.2, -0.15) is 0 Å². The summed E-state index contributed by atoms with van der Waals surface area (Å²) >= 11 is 82.9. The SMILES string of the molecule is C[C@H](OC1C[C@@H](C)[CH-]O1)c1cc(Cl)cc(Cl)c1.C[C@H]1[CH-]OC(OCc2c(Cl)cccc2Cl)C1.C[C@H]1[CH-]OC(OCc2cc(Cl)cc(Cl)c2)C1.C[C@H]1[CH-]OC(OCc2cc(Cl)cc(Cl)c2)C1.C[C@H]1[CH-]OC(OCc2ccc(Cl)c(Cl)c2)C1.C[C@H]1[CH-]OC(OCc2ccc(Cl)c(Cl)c2)C1.C[C@H]1[CH-]OC(O[C@H](C)c2cc(Cl)cc(Cl)c2)C1.[Cs+].[Cs+].[Cs+].[Cs+].[Cs+].[Cs+].[Cs+]. The summed E-state index contributed by atoms with van der Waals surface area (Å²) in [6, 6.07) is 38.0. The van der Waals surface area contributed by atoms with Crippen molar-refractivity contribution in [3.8, 4) is 0 Å². The van der Waals surface area contributed by atoms with Gasteiger partial charge in [0.2, 0.25) is 0 Å². The predicted octanol–water partition coefficient (Wildman–Crippen LogP) is 8.53. The fraction of sp³-hybridized carbons (Fsp3) is 0.430. The van der Waals surface area contributed by atoms with Crippen molar-refractivity contribution in [3.05, 3.63) is 283 Å². The Bertz CT molecular complexity index is 3780.